The Hall–Kier alpha value is -2.88. The number of anilines is 1. The fraction of sp³-hybridized carbons (Fsp3) is 0.385. The lowest BCUT2D eigenvalue weighted by Gasteiger charge is -2.27. The highest BCUT2D eigenvalue weighted by Gasteiger charge is 2.44. The van der Waals surface area contributed by atoms with E-state index in [0.29, 0.717) is 11.3 Å². The van der Waals surface area contributed by atoms with Gasteiger partial charge in [-0.1, -0.05) is 62.1 Å². The molecule has 1 fully saturated rings. The molecule has 30 heavy (non-hydrogen) atoms. The van der Waals surface area contributed by atoms with Crippen molar-refractivity contribution >= 4 is 23.1 Å². The number of para-hydroxylation sites is 1. The Morgan fingerprint density at radius 2 is 1.50 bits per heavy atom. The summed E-state index contributed by atoms with van der Waals surface area (Å²) >= 11 is 0. The summed E-state index contributed by atoms with van der Waals surface area (Å²) in [5.74, 6) is -0.306. The predicted molar refractivity (Wildman–Crippen MR) is 121 cm³/mol. The van der Waals surface area contributed by atoms with E-state index in [2.05, 4.69) is 6.92 Å². The number of nitrogens with zero attached hydrogens (tertiary/aromatic N) is 2. The molecule has 2 aromatic carbocycles. The minimum atomic E-state index is -0.161. The highest BCUT2D eigenvalue weighted by atomic mass is 16.2. The minimum absolute atomic E-state index is 0.00396. The number of carbonyl (C=O) groups excluding carboxylic acids is 2. The van der Waals surface area contributed by atoms with Gasteiger partial charge in [0.2, 0.25) is 0 Å². The Kier molecular flexibility index (Phi) is 5.76. The van der Waals surface area contributed by atoms with Crippen LogP contribution in [0.25, 0.3) is 5.57 Å². The number of amides is 2. The number of likely N-dealkylation sites (N-methyl/N-ethyl adjacent to an activating group) is 1. The van der Waals surface area contributed by atoms with E-state index in [-0.39, 0.29) is 17.9 Å². The predicted octanol–water partition coefficient (Wildman–Crippen LogP) is 5.24. The van der Waals surface area contributed by atoms with Gasteiger partial charge in [-0.05, 0) is 55.5 Å². The molecule has 0 aromatic heterocycles. The van der Waals surface area contributed by atoms with Crippen molar-refractivity contribution in [3.8, 4) is 0 Å². The van der Waals surface area contributed by atoms with Crippen molar-refractivity contribution in [1.29, 1.82) is 0 Å². The highest BCUT2D eigenvalue weighted by Crippen LogP contribution is 2.37. The van der Waals surface area contributed by atoms with E-state index in [1.807, 2.05) is 67.4 Å². The summed E-state index contributed by atoms with van der Waals surface area (Å²) in [5, 5.41) is 0. The fourth-order valence-corrected chi connectivity index (χ4v) is 4.63. The van der Waals surface area contributed by atoms with Gasteiger partial charge in [-0.25, -0.2) is 0 Å². The summed E-state index contributed by atoms with van der Waals surface area (Å²) in [5.41, 5.74) is 5.03. The number of aryl methyl sites for hydroxylation is 2. The van der Waals surface area contributed by atoms with E-state index in [1.165, 1.54) is 18.4 Å². The molecule has 2 aliphatic rings. The first-order valence-electron chi connectivity index (χ1n) is 11.0. The first-order chi connectivity index (χ1) is 14.5. The van der Waals surface area contributed by atoms with Crippen molar-refractivity contribution < 1.29 is 9.59 Å². The number of carbonyl (C=O) groups is 2. The van der Waals surface area contributed by atoms with Crippen LogP contribution in [0.5, 0.6) is 0 Å². The molecule has 0 bridgehead atoms. The third kappa shape index (κ3) is 3.67. The standard InChI is InChI=1S/C26H30N2O2/c1-18-15-16-20(17-19(18)2)23-24(27(3)21-11-9-6-10-12-21)26(30)28(25(23)29)22-13-7-4-5-8-14-22/h6,9-12,15-17,22H,4-5,7-8,13-14H2,1-3H3. The van der Waals surface area contributed by atoms with Crippen molar-refractivity contribution in [3.63, 3.8) is 0 Å². The molecule has 1 saturated carbocycles. The Balaban J connectivity index is 1.82. The van der Waals surface area contributed by atoms with Crippen LogP contribution in [0.15, 0.2) is 54.2 Å². The largest absolute Gasteiger partial charge is 0.339 e. The van der Waals surface area contributed by atoms with E-state index in [4.69, 9.17) is 0 Å². The number of benzene rings is 2. The summed E-state index contributed by atoms with van der Waals surface area (Å²) in [6, 6.07) is 15.8. The number of hydrogen-bond acceptors (Lipinski definition) is 3. The van der Waals surface area contributed by atoms with E-state index < -0.39 is 0 Å². The van der Waals surface area contributed by atoms with Crippen LogP contribution < -0.4 is 4.90 Å². The number of imide groups is 1. The van der Waals surface area contributed by atoms with Crippen LogP contribution >= 0.6 is 0 Å². The van der Waals surface area contributed by atoms with Gasteiger partial charge in [-0.3, -0.25) is 14.5 Å². The molecule has 0 unspecified atom stereocenters. The van der Waals surface area contributed by atoms with Gasteiger partial charge >= 0.3 is 0 Å². The molecule has 1 heterocycles. The van der Waals surface area contributed by atoms with Gasteiger partial charge in [-0.2, -0.15) is 0 Å². The van der Waals surface area contributed by atoms with Crippen LogP contribution in [-0.4, -0.2) is 29.8 Å². The topological polar surface area (TPSA) is 40.6 Å². The van der Waals surface area contributed by atoms with E-state index in [9.17, 15) is 9.59 Å². The van der Waals surface area contributed by atoms with Crippen molar-refractivity contribution in [1.82, 2.24) is 4.90 Å². The lowest BCUT2D eigenvalue weighted by molar-refractivity contribution is -0.139. The van der Waals surface area contributed by atoms with Gasteiger partial charge in [-0.15, -0.1) is 0 Å². The average molecular weight is 403 g/mol. The van der Waals surface area contributed by atoms with Crippen LogP contribution in [-0.2, 0) is 9.59 Å². The highest BCUT2D eigenvalue weighted by molar-refractivity contribution is 6.36. The van der Waals surface area contributed by atoms with Crippen molar-refractivity contribution in [2.45, 2.75) is 58.4 Å². The second kappa shape index (κ2) is 8.47. The molecule has 1 aliphatic heterocycles. The normalized spacial score (nSPS) is 18.2. The second-order valence-electron chi connectivity index (χ2n) is 8.54. The van der Waals surface area contributed by atoms with Gasteiger partial charge in [0.1, 0.15) is 5.70 Å². The summed E-state index contributed by atoms with van der Waals surface area (Å²) in [6.45, 7) is 4.11. The molecule has 2 aromatic rings. The molecule has 0 saturated heterocycles. The molecular weight excluding hydrogens is 372 g/mol. The van der Waals surface area contributed by atoms with Gasteiger partial charge < -0.3 is 4.90 Å². The number of hydrogen-bond donors (Lipinski definition) is 0. The quantitative estimate of drug-likeness (QED) is 0.518. The zero-order valence-corrected chi connectivity index (χ0v) is 18.1. The third-order valence-electron chi connectivity index (χ3n) is 6.56. The SMILES string of the molecule is Cc1ccc(C2=C(N(C)c3ccccc3)C(=O)N(C3CCCCCC3)C2=O)cc1C. The Morgan fingerprint density at radius 1 is 0.833 bits per heavy atom. The molecule has 156 valence electrons. The average Bonchev–Trinajstić information content (AvgIpc) is 2.92. The maximum Gasteiger partial charge on any atom is 0.278 e. The molecule has 0 spiro atoms. The Morgan fingerprint density at radius 3 is 2.13 bits per heavy atom. The lowest BCUT2D eigenvalue weighted by Crippen LogP contribution is -2.42. The van der Waals surface area contributed by atoms with Crippen LogP contribution in [0.3, 0.4) is 0 Å². The summed E-state index contributed by atoms with van der Waals surface area (Å²) < 4.78 is 0. The number of rotatable bonds is 4. The fourth-order valence-electron chi connectivity index (χ4n) is 4.63. The van der Waals surface area contributed by atoms with Crippen LogP contribution in [0.1, 0.15) is 55.2 Å². The van der Waals surface area contributed by atoms with E-state index in [0.717, 1.165) is 42.5 Å². The first kappa shape index (κ1) is 20.4. The summed E-state index contributed by atoms with van der Waals surface area (Å²) in [7, 11) is 1.88. The van der Waals surface area contributed by atoms with Gasteiger partial charge in [0.25, 0.3) is 11.8 Å². The zero-order valence-electron chi connectivity index (χ0n) is 18.1. The molecule has 4 heteroatoms. The first-order valence-corrected chi connectivity index (χ1v) is 11.0. The Labute approximate surface area is 179 Å². The van der Waals surface area contributed by atoms with Crippen molar-refractivity contribution in [2.75, 3.05) is 11.9 Å². The van der Waals surface area contributed by atoms with Gasteiger partial charge in [0.05, 0.1) is 5.57 Å². The molecule has 0 radical (unpaired) electrons. The molecule has 4 rings (SSSR count). The Bertz CT molecular complexity index is 985. The van der Waals surface area contributed by atoms with Crippen LogP contribution in [0, 0.1) is 13.8 Å². The second-order valence-corrected chi connectivity index (χ2v) is 8.54. The maximum absolute atomic E-state index is 13.7. The molecule has 1 aliphatic carbocycles. The summed E-state index contributed by atoms with van der Waals surface area (Å²) in [4.78, 5) is 30.8. The van der Waals surface area contributed by atoms with E-state index in [1.54, 1.807) is 4.90 Å². The van der Waals surface area contributed by atoms with Gasteiger partial charge in [0, 0.05) is 18.8 Å². The monoisotopic (exact) mass is 402 g/mol. The molecular formula is C26H30N2O2. The smallest absolute Gasteiger partial charge is 0.278 e. The van der Waals surface area contributed by atoms with Crippen molar-refractivity contribution in [2.24, 2.45) is 0 Å². The lowest BCUT2D eigenvalue weighted by atomic mass is 9.99. The molecule has 4 nitrogen and oxygen atoms in total. The molecule has 2 amide bonds. The maximum atomic E-state index is 13.7. The third-order valence-corrected chi connectivity index (χ3v) is 6.56. The van der Waals surface area contributed by atoms with E-state index >= 15 is 0 Å². The molecule has 0 atom stereocenters. The van der Waals surface area contributed by atoms with Crippen LogP contribution in [0.2, 0.25) is 0 Å². The molecule has 0 N–H and O–H groups in total. The summed E-state index contributed by atoms with van der Waals surface area (Å²) in [6.07, 6.45) is 6.32. The minimum Gasteiger partial charge on any atom is -0.339 e. The van der Waals surface area contributed by atoms with Crippen LogP contribution in [0.4, 0.5) is 5.69 Å². The van der Waals surface area contributed by atoms with Crippen molar-refractivity contribution in [3.05, 3.63) is 70.9 Å². The zero-order chi connectivity index (χ0) is 21.3. The van der Waals surface area contributed by atoms with Gasteiger partial charge in [0.15, 0.2) is 0 Å².